The van der Waals surface area contributed by atoms with Crippen LogP contribution in [0.5, 0.6) is 0 Å². The third kappa shape index (κ3) is 2.16. The van der Waals surface area contributed by atoms with Crippen LogP contribution in [0.1, 0.15) is 19.8 Å². The van der Waals surface area contributed by atoms with Crippen LogP contribution in [0.2, 0.25) is 0 Å². The zero-order valence-electron chi connectivity index (χ0n) is 16.6. The Labute approximate surface area is 173 Å². The molecule has 1 amide bonds. The molecular weight excluding hydrogens is 376 g/mol. The van der Waals surface area contributed by atoms with Crippen LogP contribution in [-0.4, -0.2) is 31.5 Å². The largest absolute Gasteiger partial charge is 0.309 e. The molecule has 148 valence electrons. The monoisotopic (exact) mass is 396 g/mol. The summed E-state index contributed by atoms with van der Waals surface area (Å²) in [5, 5.41) is 14.4. The van der Waals surface area contributed by atoms with Crippen molar-refractivity contribution < 1.29 is 4.79 Å². The van der Waals surface area contributed by atoms with Crippen molar-refractivity contribution >= 4 is 22.6 Å². The molecule has 0 N–H and O–H groups in total. The number of amides is 1. The van der Waals surface area contributed by atoms with Crippen molar-refractivity contribution in [1.82, 2.24) is 19.0 Å². The van der Waals surface area contributed by atoms with E-state index in [2.05, 4.69) is 22.2 Å². The van der Waals surface area contributed by atoms with E-state index in [0.29, 0.717) is 6.54 Å². The first-order valence-electron chi connectivity index (χ1n) is 10.3. The second-order valence-corrected chi connectivity index (χ2v) is 8.45. The number of rotatable bonds is 3. The maximum atomic E-state index is 13.5. The van der Waals surface area contributed by atoms with E-state index >= 15 is 0 Å². The van der Waals surface area contributed by atoms with Gasteiger partial charge in [-0.2, -0.15) is 10.4 Å². The van der Waals surface area contributed by atoms with Gasteiger partial charge in [0.1, 0.15) is 5.41 Å². The van der Waals surface area contributed by atoms with E-state index in [1.54, 1.807) is 17.4 Å². The fraction of sp³-hybridized carbons (Fsp3) is 0.304. The minimum absolute atomic E-state index is 0.00449. The summed E-state index contributed by atoms with van der Waals surface area (Å²) in [4.78, 5) is 19.5. The van der Waals surface area contributed by atoms with E-state index in [1.807, 2.05) is 52.5 Å². The number of imidazole rings is 1. The van der Waals surface area contributed by atoms with E-state index in [-0.39, 0.29) is 17.7 Å². The predicted molar refractivity (Wildman–Crippen MR) is 112 cm³/mol. The summed E-state index contributed by atoms with van der Waals surface area (Å²) in [6.07, 6.45) is 9.23. The van der Waals surface area contributed by atoms with Gasteiger partial charge in [-0.3, -0.25) is 9.20 Å². The molecule has 2 atom stereocenters. The van der Waals surface area contributed by atoms with Crippen molar-refractivity contribution in [3.05, 3.63) is 55.2 Å². The number of anilines is 1. The minimum Gasteiger partial charge on any atom is -0.309 e. The standard InChI is InChI=1S/C23H20N6O/c1-15-11-27(22(30)23(15,13-24)17-5-6-17)20-7-8-26-29-12-16(9-21(20)29)19-4-2-3-18-10-25-14-28(18)19/h2-4,7-10,12,14-15,17H,5-6,11H2,1H3/t15-,23+/m1/s1. The molecule has 1 saturated heterocycles. The molecule has 0 bridgehead atoms. The number of fused-ring (bicyclic) bond motifs is 2. The summed E-state index contributed by atoms with van der Waals surface area (Å²) in [5.74, 6) is 0.131. The van der Waals surface area contributed by atoms with Crippen molar-refractivity contribution in [2.75, 3.05) is 11.4 Å². The molecule has 6 rings (SSSR count). The maximum Gasteiger partial charge on any atom is 0.248 e. The van der Waals surface area contributed by atoms with Crippen LogP contribution in [0.25, 0.3) is 22.3 Å². The summed E-state index contributed by atoms with van der Waals surface area (Å²) in [6, 6.07) is 12.4. The van der Waals surface area contributed by atoms with E-state index in [1.165, 1.54) is 0 Å². The van der Waals surface area contributed by atoms with Crippen LogP contribution in [0.3, 0.4) is 0 Å². The molecule has 4 aromatic heterocycles. The van der Waals surface area contributed by atoms with Gasteiger partial charge in [0.25, 0.3) is 0 Å². The van der Waals surface area contributed by atoms with Crippen molar-refractivity contribution in [1.29, 1.82) is 5.26 Å². The topological polar surface area (TPSA) is 78.7 Å². The Hall–Kier alpha value is -3.66. The molecule has 7 heteroatoms. The average molecular weight is 396 g/mol. The molecule has 2 fully saturated rings. The van der Waals surface area contributed by atoms with Crippen molar-refractivity contribution in [2.24, 2.45) is 17.3 Å². The molecule has 4 aromatic rings. The van der Waals surface area contributed by atoms with Crippen LogP contribution in [-0.2, 0) is 4.79 Å². The predicted octanol–water partition coefficient (Wildman–Crippen LogP) is 3.55. The second-order valence-electron chi connectivity index (χ2n) is 8.45. The number of nitriles is 1. The van der Waals surface area contributed by atoms with Gasteiger partial charge in [-0.1, -0.05) is 13.0 Å². The first kappa shape index (κ1) is 17.2. The smallest absolute Gasteiger partial charge is 0.248 e. The van der Waals surface area contributed by atoms with Gasteiger partial charge in [0, 0.05) is 30.4 Å². The average Bonchev–Trinajstić information content (AvgIpc) is 3.23. The molecule has 0 spiro atoms. The Morgan fingerprint density at radius 3 is 2.93 bits per heavy atom. The number of nitrogens with zero attached hydrogens (tertiary/aromatic N) is 6. The number of aromatic nitrogens is 4. The Kier molecular flexibility index (Phi) is 3.40. The number of hydrogen-bond acceptors (Lipinski definition) is 4. The summed E-state index contributed by atoms with van der Waals surface area (Å²) in [7, 11) is 0. The molecule has 1 saturated carbocycles. The number of carbonyl (C=O) groups excluding carboxylic acids is 1. The number of pyridine rings is 1. The van der Waals surface area contributed by atoms with Crippen LogP contribution < -0.4 is 4.90 Å². The Bertz CT molecular complexity index is 1360. The van der Waals surface area contributed by atoms with Crippen molar-refractivity contribution in [3.63, 3.8) is 0 Å². The van der Waals surface area contributed by atoms with Crippen molar-refractivity contribution in [2.45, 2.75) is 19.8 Å². The molecule has 2 aliphatic rings. The SMILES string of the molecule is C[C@@H]1CN(c2ccnn3cc(-c4cccc5cncn45)cc23)C(=O)[C@]1(C#N)C1CC1. The molecule has 0 radical (unpaired) electrons. The van der Waals surface area contributed by atoms with Crippen LogP contribution >= 0.6 is 0 Å². The minimum atomic E-state index is -0.891. The Morgan fingerprint density at radius 1 is 1.27 bits per heavy atom. The first-order chi connectivity index (χ1) is 14.6. The van der Waals surface area contributed by atoms with E-state index in [9.17, 15) is 10.1 Å². The van der Waals surface area contributed by atoms with E-state index in [0.717, 1.165) is 40.8 Å². The van der Waals surface area contributed by atoms with Crippen LogP contribution in [0.4, 0.5) is 5.69 Å². The van der Waals surface area contributed by atoms with Gasteiger partial charge < -0.3 is 4.90 Å². The highest BCUT2D eigenvalue weighted by atomic mass is 16.2. The highest BCUT2D eigenvalue weighted by Crippen LogP contribution is 2.54. The molecule has 0 aromatic carbocycles. The molecule has 7 nitrogen and oxygen atoms in total. The van der Waals surface area contributed by atoms with Crippen LogP contribution in [0, 0.1) is 28.6 Å². The van der Waals surface area contributed by atoms with Gasteiger partial charge in [0.2, 0.25) is 5.91 Å². The second kappa shape index (κ2) is 5.92. The third-order valence-electron chi connectivity index (χ3n) is 6.76. The van der Waals surface area contributed by atoms with Gasteiger partial charge in [0.15, 0.2) is 0 Å². The fourth-order valence-electron chi connectivity index (χ4n) is 5.06. The summed E-state index contributed by atoms with van der Waals surface area (Å²) < 4.78 is 3.84. The zero-order chi connectivity index (χ0) is 20.5. The zero-order valence-corrected chi connectivity index (χ0v) is 16.6. The number of hydrogen-bond donors (Lipinski definition) is 0. The van der Waals surface area contributed by atoms with Gasteiger partial charge >= 0.3 is 0 Å². The number of carbonyl (C=O) groups is 1. The normalized spacial score (nSPS) is 24.1. The molecule has 1 aliphatic carbocycles. The lowest BCUT2D eigenvalue weighted by atomic mass is 9.75. The van der Waals surface area contributed by atoms with E-state index in [4.69, 9.17) is 0 Å². The Balaban J connectivity index is 1.48. The van der Waals surface area contributed by atoms with Gasteiger partial charge in [-0.25, -0.2) is 9.50 Å². The van der Waals surface area contributed by atoms with E-state index < -0.39 is 5.41 Å². The molecule has 30 heavy (non-hydrogen) atoms. The molecule has 1 aliphatic heterocycles. The van der Waals surface area contributed by atoms with Gasteiger partial charge in [-0.05, 0) is 43.0 Å². The first-order valence-corrected chi connectivity index (χ1v) is 10.3. The lowest BCUT2D eigenvalue weighted by Gasteiger charge is -2.23. The van der Waals surface area contributed by atoms with Gasteiger partial charge in [-0.15, -0.1) is 0 Å². The fourth-order valence-corrected chi connectivity index (χ4v) is 5.06. The lowest BCUT2D eigenvalue weighted by Crippen LogP contribution is -2.37. The molecular formula is C23H20N6O. The van der Waals surface area contributed by atoms with Crippen LogP contribution in [0.15, 0.2) is 55.2 Å². The highest BCUT2D eigenvalue weighted by Gasteiger charge is 2.61. The highest BCUT2D eigenvalue weighted by molar-refractivity contribution is 6.05. The van der Waals surface area contributed by atoms with Gasteiger partial charge in [0.05, 0.1) is 41.0 Å². The third-order valence-corrected chi connectivity index (χ3v) is 6.76. The maximum absolute atomic E-state index is 13.5. The molecule has 0 unspecified atom stereocenters. The summed E-state index contributed by atoms with van der Waals surface area (Å²) in [5.41, 5.74) is 3.79. The summed E-state index contributed by atoms with van der Waals surface area (Å²) in [6.45, 7) is 2.58. The summed E-state index contributed by atoms with van der Waals surface area (Å²) >= 11 is 0. The Morgan fingerprint density at radius 2 is 2.13 bits per heavy atom. The molecule has 5 heterocycles. The quantitative estimate of drug-likeness (QED) is 0.530. The lowest BCUT2D eigenvalue weighted by molar-refractivity contribution is -0.124. The van der Waals surface area contributed by atoms with Crippen molar-refractivity contribution in [3.8, 4) is 17.3 Å².